The van der Waals surface area contributed by atoms with Gasteiger partial charge < -0.3 is 14.2 Å². The van der Waals surface area contributed by atoms with Gasteiger partial charge in [0.15, 0.2) is 17.3 Å². The Balaban J connectivity index is 1.63. The summed E-state index contributed by atoms with van der Waals surface area (Å²) in [4.78, 5) is 15.2. The number of hydrogen-bond donors (Lipinski definition) is 0. The number of allylic oxidation sites excluding steroid dienone is 2. The molecule has 1 spiro atoms. The van der Waals surface area contributed by atoms with Crippen molar-refractivity contribution >= 4 is 11.8 Å². The molecule has 3 aliphatic rings. The molecule has 1 amide bonds. The predicted molar refractivity (Wildman–Crippen MR) is 127 cm³/mol. The van der Waals surface area contributed by atoms with Crippen molar-refractivity contribution in [3.63, 3.8) is 0 Å². The van der Waals surface area contributed by atoms with E-state index in [-0.39, 0.29) is 5.41 Å². The highest BCUT2D eigenvalue weighted by Crippen LogP contribution is 2.49. The van der Waals surface area contributed by atoms with E-state index in [1.165, 1.54) is 0 Å². The summed E-state index contributed by atoms with van der Waals surface area (Å²) in [5, 5.41) is 0. The minimum Gasteiger partial charge on any atom is -0.457 e. The number of rotatable bonds is 2. The fourth-order valence-corrected chi connectivity index (χ4v) is 4.68. The normalized spacial score (nSPS) is 19.0. The fraction of sp³-hybridized carbons (Fsp3) is 0.321. The molecule has 0 N–H and O–H groups in total. The predicted octanol–water partition coefficient (Wildman–Crippen LogP) is 7.04. The van der Waals surface area contributed by atoms with E-state index in [2.05, 4.69) is 12.2 Å². The van der Waals surface area contributed by atoms with Gasteiger partial charge in [-0.15, -0.1) is 0 Å². The molecule has 1 aliphatic carbocycles. The number of para-hydroxylation sites is 2. The van der Waals surface area contributed by atoms with E-state index < -0.39 is 11.7 Å². The molecular weight excluding hydrogens is 414 g/mol. The van der Waals surface area contributed by atoms with Crippen molar-refractivity contribution in [3.8, 4) is 11.5 Å². The number of benzene rings is 2. The second-order valence-electron chi connectivity index (χ2n) is 9.83. The number of ether oxygens (including phenoxy) is 3. The molecule has 5 rings (SSSR count). The summed E-state index contributed by atoms with van der Waals surface area (Å²) in [6, 6.07) is 17.5. The van der Waals surface area contributed by atoms with Gasteiger partial charge >= 0.3 is 6.09 Å². The third kappa shape index (κ3) is 4.28. The van der Waals surface area contributed by atoms with Crippen LogP contribution in [0.15, 0.2) is 84.5 Å². The van der Waals surface area contributed by atoms with E-state index in [1.807, 2.05) is 75.4 Å². The molecule has 33 heavy (non-hydrogen) atoms. The largest absolute Gasteiger partial charge is 0.457 e. The highest BCUT2D eigenvalue weighted by Gasteiger charge is 2.41. The highest BCUT2D eigenvalue weighted by atomic mass is 16.6. The first kappa shape index (κ1) is 21.4. The maximum absolute atomic E-state index is 13.6. The van der Waals surface area contributed by atoms with Gasteiger partial charge in [0.2, 0.25) is 0 Å². The maximum Gasteiger partial charge on any atom is 0.419 e. The maximum atomic E-state index is 13.6. The molecule has 2 heterocycles. The molecule has 5 nitrogen and oxygen atoms in total. The second-order valence-corrected chi connectivity index (χ2v) is 9.83. The fourth-order valence-electron chi connectivity index (χ4n) is 4.68. The molecular formula is C28H29NO4. The monoisotopic (exact) mass is 443 g/mol. The lowest BCUT2D eigenvalue weighted by Gasteiger charge is -2.38. The van der Waals surface area contributed by atoms with Crippen molar-refractivity contribution in [2.75, 3.05) is 0 Å². The third-order valence-corrected chi connectivity index (χ3v) is 6.12. The number of carbonyl (C=O) groups is 1. The van der Waals surface area contributed by atoms with Crippen molar-refractivity contribution in [1.29, 1.82) is 0 Å². The first-order valence-corrected chi connectivity index (χ1v) is 11.5. The SMILES string of the molecule is CC(C)(C)OC(=O)N1C(C2=COc3ccccc3O2)=CC2(C=C1c1ccccc1)CCCC2. The van der Waals surface area contributed by atoms with Crippen LogP contribution in [0.4, 0.5) is 4.79 Å². The summed E-state index contributed by atoms with van der Waals surface area (Å²) in [5.41, 5.74) is 1.64. The number of hydrogen-bond acceptors (Lipinski definition) is 4. The van der Waals surface area contributed by atoms with E-state index in [4.69, 9.17) is 14.2 Å². The Bertz CT molecular complexity index is 1150. The average Bonchev–Trinajstić information content (AvgIpc) is 3.25. The van der Waals surface area contributed by atoms with Crippen LogP contribution < -0.4 is 9.47 Å². The second kappa shape index (κ2) is 8.14. The standard InChI is InChI=1S/C28H29NO4/c1-27(2,3)33-26(30)29-21(20-11-5-4-6-12-20)17-28(15-9-10-16-28)18-22(29)25-19-31-23-13-7-8-14-24(23)32-25/h4-8,11-14,17-19H,9-10,15-16H2,1-3H3. The van der Waals surface area contributed by atoms with E-state index in [9.17, 15) is 4.79 Å². The van der Waals surface area contributed by atoms with Gasteiger partial charge in [0, 0.05) is 5.41 Å². The van der Waals surface area contributed by atoms with Crippen molar-refractivity contribution < 1.29 is 19.0 Å². The average molecular weight is 444 g/mol. The molecule has 2 aromatic rings. The van der Waals surface area contributed by atoms with Crippen LogP contribution in [0, 0.1) is 5.41 Å². The van der Waals surface area contributed by atoms with Crippen LogP contribution in [-0.2, 0) is 4.74 Å². The number of fused-ring (bicyclic) bond motifs is 1. The number of nitrogens with zero attached hydrogens (tertiary/aromatic N) is 1. The van der Waals surface area contributed by atoms with Crippen molar-refractivity contribution in [3.05, 3.63) is 90.0 Å². The molecule has 0 unspecified atom stereocenters. The molecule has 0 radical (unpaired) electrons. The molecule has 2 aromatic carbocycles. The van der Waals surface area contributed by atoms with Gasteiger partial charge in [-0.25, -0.2) is 9.69 Å². The van der Waals surface area contributed by atoms with Crippen LogP contribution in [0.1, 0.15) is 52.0 Å². The topological polar surface area (TPSA) is 48.0 Å². The molecule has 1 saturated carbocycles. The Labute approximate surface area is 195 Å². The molecule has 170 valence electrons. The van der Waals surface area contributed by atoms with Gasteiger partial charge in [-0.1, -0.05) is 55.3 Å². The Morgan fingerprint density at radius 1 is 0.909 bits per heavy atom. The number of amides is 1. The molecule has 0 bridgehead atoms. The van der Waals surface area contributed by atoms with Crippen molar-refractivity contribution in [2.24, 2.45) is 5.41 Å². The van der Waals surface area contributed by atoms with Crippen molar-refractivity contribution in [2.45, 2.75) is 52.1 Å². The Morgan fingerprint density at radius 3 is 2.24 bits per heavy atom. The van der Waals surface area contributed by atoms with Crippen LogP contribution in [-0.4, -0.2) is 16.6 Å². The molecule has 0 aromatic heterocycles. The van der Waals surface area contributed by atoms with Gasteiger partial charge in [0.1, 0.15) is 11.9 Å². The van der Waals surface area contributed by atoms with E-state index in [1.54, 1.807) is 11.2 Å². The molecule has 2 aliphatic heterocycles. The van der Waals surface area contributed by atoms with E-state index in [0.717, 1.165) is 36.9 Å². The zero-order valence-electron chi connectivity index (χ0n) is 19.3. The van der Waals surface area contributed by atoms with Gasteiger partial charge in [-0.3, -0.25) is 0 Å². The summed E-state index contributed by atoms with van der Waals surface area (Å²) < 4.78 is 18.0. The van der Waals surface area contributed by atoms with Gasteiger partial charge in [-0.05, 0) is 63.5 Å². The molecule has 0 atom stereocenters. The Morgan fingerprint density at radius 2 is 1.55 bits per heavy atom. The molecule has 0 saturated heterocycles. The third-order valence-electron chi connectivity index (χ3n) is 6.12. The summed E-state index contributed by atoms with van der Waals surface area (Å²) in [6.45, 7) is 5.62. The molecule has 1 fully saturated rings. The lowest BCUT2D eigenvalue weighted by atomic mass is 9.80. The zero-order chi connectivity index (χ0) is 23.1. The van der Waals surface area contributed by atoms with Crippen LogP contribution >= 0.6 is 0 Å². The minimum absolute atomic E-state index is 0.139. The van der Waals surface area contributed by atoms with Gasteiger partial charge in [0.05, 0.1) is 11.4 Å². The van der Waals surface area contributed by atoms with Crippen LogP contribution in [0.5, 0.6) is 11.5 Å². The van der Waals surface area contributed by atoms with Crippen molar-refractivity contribution in [1.82, 2.24) is 4.90 Å². The van der Waals surface area contributed by atoms with Gasteiger partial charge in [0.25, 0.3) is 0 Å². The van der Waals surface area contributed by atoms with Gasteiger partial charge in [-0.2, -0.15) is 0 Å². The zero-order valence-corrected chi connectivity index (χ0v) is 19.3. The number of carbonyl (C=O) groups excluding carboxylic acids is 1. The summed E-state index contributed by atoms with van der Waals surface area (Å²) >= 11 is 0. The Hall–Kier alpha value is -3.47. The summed E-state index contributed by atoms with van der Waals surface area (Å²) in [6.07, 6.45) is 9.89. The summed E-state index contributed by atoms with van der Waals surface area (Å²) in [7, 11) is 0. The molecule has 5 heteroatoms. The highest BCUT2D eigenvalue weighted by molar-refractivity contribution is 5.87. The summed E-state index contributed by atoms with van der Waals surface area (Å²) in [5.74, 6) is 1.76. The van der Waals surface area contributed by atoms with Crippen LogP contribution in [0.2, 0.25) is 0 Å². The van der Waals surface area contributed by atoms with E-state index in [0.29, 0.717) is 23.0 Å². The van der Waals surface area contributed by atoms with E-state index >= 15 is 0 Å². The Kier molecular flexibility index (Phi) is 5.28. The van der Waals surface area contributed by atoms with Crippen LogP contribution in [0.3, 0.4) is 0 Å². The van der Waals surface area contributed by atoms with Crippen LogP contribution in [0.25, 0.3) is 5.70 Å². The minimum atomic E-state index is -0.641. The smallest absolute Gasteiger partial charge is 0.419 e. The first-order valence-electron chi connectivity index (χ1n) is 11.5. The quantitative estimate of drug-likeness (QED) is 0.500. The lowest BCUT2D eigenvalue weighted by molar-refractivity contribution is 0.0388. The first-order chi connectivity index (χ1) is 15.8. The lowest BCUT2D eigenvalue weighted by Crippen LogP contribution is -2.39.